The maximum atomic E-state index is 3.51. The monoisotopic (exact) mass is 356 g/mol. The van der Waals surface area contributed by atoms with E-state index in [1.807, 2.05) is 8.18 Å². The molecule has 0 radical (unpaired) electrons. The van der Waals surface area contributed by atoms with E-state index in [0.717, 1.165) is 0 Å². The molecule has 9 heavy (non-hydrogen) atoms. The summed E-state index contributed by atoms with van der Waals surface area (Å²) in [6.07, 6.45) is 0. The molecule has 0 aromatic rings. The first kappa shape index (κ1) is 9.80. The SMILES string of the molecule is C=C=[CH][Sn]([Br])([Br])[CH]=C=C. The Morgan fingerprint density at radius 3 is 1.67 bits per heavy atom. The van der Waals surface area contributed by atoms with Gasteiger partial charge in [-0.15, -0.1) is 0 Å². The van der Waals surface area contributed by atoms with Gasteiger partial charge in [0.2, 0.25) is 0 Å². The van der Waals surface area contributed by atoms with Crippen molar-refractivity contribution in [3.8, 4) is 0 Å². The van der Waals surface area contributed by atoms with Gasteiger partial charge in [-0.25, -0.2) is 0 Å². The summed E-state index contributed by atoms with van der Waals surface area (Å²) in [7, 11) is 0. The zero-order valence-corrected chi connectivity index (χ0v) is 10.9. The van der Waals surface area contributed by atoms with Crippen LogP contribution in [0.25, 0.3) is 0 Å². The van der Waals surface area contributed by atoms with Crippen molar-refractivity contribution in [3.05, 3.63) is 32.8 Å². The third-order valence-corrected chi connectivity index (χ3v) is 10.1. The second kappa shape index (κ2) is 4.59. The summed E-state index contributed by atoms with van der Waals surface area (Å²) < 4.78 is 3.85. The van der Waals surface area contributed by atoms with Gasteiger partial charge in [-0.2, -0.15) is 0 Å². The van der Waals surface area contributed by atoms with E-state index in [9.17, 15) is 0 Å². The summed E-state index contributed by atoms with van der Waals surface area (Å²) in [4.78, 5) is 0. The predicted molar refractivity (Wildman–Crippen MR) is 51.0 cm³/mol. The Morgan fingerprint density at radius 1 is 1.11 bits per heavy atom. The molecule has 0 atom stereocenters. The summed E-state index contributed by atoms with van der Waals surface area (Å²) in [6, 6.07) is 0. The van der Waals surface area contributed by atoms with Crippen molar-refractivity contribution >= 4 is 39.3 Å². The number of hydrogen-bond donors (Lipinski definition) is 0. The van der Waals surface area contributed by atoms with Gasteiger partial charge in [0.25, 0.3) is 0 Å². The van der Waals surface area contributed by atoms with Crippen LogP contribution >= 0.6 is 25.4 Å². The molecule has 0 saturated heterocycles. The Morgan fingerprint density at radius 2 is 1.44 bits per heavy atom. The van der Waals surface area contributed by atoms with Crippen LogP contribution in [0, 0.1) is 0 Å². The van der Waals surface area contributed by atoms with Crippen molar-refractivity contribution in [2.24, 2.45) is 0 Å². The van der Waals surface area contributed by atoms with E-state index >= 15 is 0 Å². The van der Waals surface area contributed by atoms with Crippen molar-refractivity contribution < 1.29 is 0 Å². The van der Waals surface area contributed by atoms with Crippen LogP contribution in [-0.4, -0.2) is 13.9 Å². The molecule has 0 aromatic heterocycles. The molecule has 0 fully saturated rings. The Bertz CT molecular complexity index is 163. The van der Waals surface area contributed by atoms with Gasteiger partial charge < -0.3 is 0 Å². The van der Waals surface area contributed by atoms with Crippen LogP contribution in [0.5, 0.6) is 0 Å². The first-order valence-corrected chi connectivity index (χ1v) is 18.3. The van der Waals surface area contributed by atoms with Crippen LogP contribution in [0.3, 0.4) is 0 Å². The van der Waals surface area contributed by atoms with Crippen molar-refractivity contribution in [3.63, 3.8) is 0 Å². The van der Waals surface area contributed by atoms with Crippen LogP contribution in [0.15, 0.2) is 32.8 Å². The molecule has 3 heteroatoms. The molecule has 0 saturated carbocycles. The molecule has 0 nitrogen and oxygen atoms in total. The molecule has 0 bridgehead atoms. The van der Waals surface area contributed by atoms with Crippen LogP contribution in [0.2, 0.25) is 0 Å². The standard InChI is InChI=1S/2C3H3.2BrH.Sn/c2*1-3-2;;;/h2*1H,2H2;2*1H;/q;;;;+2/p-2. The van der Waals surface area contributed by atoms with Crippen LogP contribution in [-0.2, 0) is 0 Å². The number of hydrogen-bond acceptors (Lipinski definition) is 0. The van der Waals surface area contributed by atoms with Gasteiger partial charge in [0.1, 0.15) is 0 Å². The molecule has 0 heterocycles. The van der Waals surface area contributed by atoms with E-state index in [1.165, 1.54) is 0 Å². The van der Waals surface area contributed by atoms with E-state index in [0.29, 0.717) is 0 Å². The Balaban J connectivity index is 4.36. The summed E-state index contributed by atoms with van der Waals surface area (Å²) in [5.41, 5.74) is 5.44. The van der Waals surface area contributed by atoms with Crippen molar-refractivity contribution in [1.29, 1.82) is 0 Å². The van der Waals surface area contributed by atoms with Gasteiger partial charge in [0.05, 0.1) is 0 Å². The third kappa shape index (κ3) is 5.25. The summed E-state index contributed by atoms with van der Waals surface area (Å²) >= 11 is 4.68. The normalized spacial score (nSPS) is 9.11. The Kier molecular flexibility index (Phi) is 5.00. The molecule has 0 amide bonds. The average Bonchev–Trinajstić information content (AvgIpc) is 1.64. The molecule has 0 unspecified atom stereocenters. The Hall–Kier alpha value is 0.799. The molecule has 0 aromatic carbocycles. The van der Waals surface area contributed by atoms with Crippen LogP contribution in [0.1, 0.15) is 0 Å². The molecule has 0 rings (SSSR count). The molecule has 48 valence electrons. The summed E-state index contributed by atoms with van der Waals surface area (Å²) in [5.74, 6) is 0. The molecule has 0 aliphatic carbocycles. The van der Waals surface area contributed by atoms with E-state index < -0.39 is 13.9 Å². The van der Waals surface area contributed by atoms with Gasteiger partial charge in [0.15, 0.2) is 0 Å². The second-order valence-corrected chi connectivity index (χ2v) is 31.6. The minimum atomic E-state index is -2.34. The molecule has 0 aliphatic rings. The van der Waals surface area contributed by atoms with Gasteiger partial charge in [-0.1, -0.05) is 0 Å². The molecular formula is C6H6Br2Sn. The van der Waals surface area contributed by atoms with E-state index in [4.69, 9.17) is 0 Å². The van der Waals surface area contributed by atoms with Gasteiger partial charge >= 0.3 is 72.1 Å². The quantitative estimate of drug-likeness (QED) is 0.527. The third-order valence-electron chi connectivity index (χ3n) is 0.589. The van der Waals surface area contributed by atoms with Crippen molar-refractivity contribution in [1.82, 2.24) is 0 Å². The maximum absolute atomic E-state index is 3.51. The molecule has 0 N–H and O–H groups in total. The fraction of sp³-hybridized carbons (Fsp3) is 0. The molecule has 0 spiro atoms. The Labute approximate surface area is 71.4 Å². The first-order chi connectivity index (χ1) is 4.12. The minimum absolute atomic E-state index is 1.92. The average molecular weight is 357 g/mol. The predicted octanol–water partition coefficient (Wildman–Crippen LogP) is 2.98. The second-order valence-electron chi connectivity index (χ2n) is 1.37. The molecular weight excluding hydrogens is 351 g/mol. The molecule has 0 aliphatic heterocycles. The van der Waals surface area contributed by atoms with Gasteiger partial charge in [0, 0.05) is 0 Å². The van der Waals surface area contributed by atoms with Crippen molar-refractivity contribution in [2.45, 2.75) is 0 Å². The van der Waals surface area contributed by atoms with Gasteiger partial charge in [-0.3, -0.25) is 0 Å². The summed E-state index contributed by atoms with van der Waals surface area (Å²) in [5, 5.41) is 0. The van der Waals surface area contributed by atoms with Crippen LogP contribution in [0.4, 0.5) is 0 Å². The van der Waals surface area contributed by atoms with Crippen molar-refractivity contribution in [2.75, 3.05) is 0 Å². The number of halogens is 2. The summed E-state index contributed by atoms with van der Waals surface area (Å²) in [6.45, 7) is 6.94. The fourth-order valence-electron chi connectivity index (χ4n) is 0.314. The first-order valence-electron chi connectivity index (χ1n) is 2.24. The van der Waals surface area contributed by atoms with E-state index in [-0.39, 0.29) is 0 Å². The topological polar surface area (TPSA) is 0 Å². The van der Waals surface area contributed by atoms with E-state index in [1.54, 1.807) is 0 Å². The van der Waals surface area contributed by atoms with E-state index in [2.05, 4.69) is 50.0 Å². The fourth-order valence-corrected chi connectivity index (χ4v) is 6.45. The zero-order chi connectivity index (χ0) is 7.33. The number of rotatable bonds is 2. The zero-order valence-electron chi connectivity index (χ0n) is 4.82. The van der Waals surface area contributed by atoms with Crippen LogP contribution < -0.4 is 0 Å². The van der Waals surface area contributed by atoms with Gasteiger partial charge in [-0.05, 0) is 0 Å².